The lowest BCUT2D eigenvalue weighted by molar-refractivity contribution is 0.660. The van der Waals surface area contributed by atoms with E-state index in [1.165, 1.54) is 104 Å². The van der Waals surface area contributed by atoms with Crippen molar-refractivity contribution in [2.24, 2.45) is 0 Å². The highest BCUT2D eigenvalue weighted by Gasteiger charge is 2.49. The van der Waals surface area contributed by atoms with Crippen molar-refractivity contribution in [1.82, 2.24) is 4.57 Å². The molecule has 0 bridgehead atoms. The molecule has 2 aliphatic carbocycles. The summed E-state index contributed by atoms with van der Waals surface area (Å²) in [5.74, 6) is 0. The predicted octanol–water partition coefficient (Wildman–Crippen LogP) is 16.5. The van der Waals surface area contributed by atoms with Gasteiger partial charge in [0, 0.05) is 48.6 Å². The molecule has 1 spiro atoms. The molecule has 1 aliphatic heterocycles. The highest BCUT2D eigenvalue weighted by Crippen LogP contribution is 2.62. The molecular weight excluding hydrogens is 805 g/mol. The van der Waals surface area contributed by atoms with Gasteiger partial charge in [-0.3, -0.25) is 0 Å². The maximum Gasteiger partial charge on any atom is 0.0735 e. The third kappa shape index (κ3) is 4.91. The fraction of sp³-hybridized carbons (Fsp3) is 0.0645. The Balaban J connectivity index is 1.06. The van der Waals surface area contributed by atoms with Crippen LogP contribution in [-0.4, -0.2) is 4.57 Å². The molecule has 0 radical (unpaired) electrons. The topological polar surface area (TPSA) is 8.17 Å². The van der Waals surface area contributed by atoms with Crippen molar-refractivity contribution < 1.29 is 0 Å². The number of nitrogens with zero attached hydrogens (tertiary/aromatic N) is 2. The first-order valence-electron chi connectivity index (χ1n) is 22.7. The van der Waals surface area contributed by atoms with Crippen LogP contribution < -0.4 is 4.90 Å². The Morgan fingerprint density at radius 1 is 0.415 bits per heavy atom. The lowest BCUT2D eigenvalue weighted by Gasteiger charge is -2.46. The highest BCUT2D eigenvalue weighted by atomic mass is 32.2. The summed E-state index contributed by atoms with van der Waals surface area (Å²) in [5.41, 5.74) is 19.6. The van der Waals surface area contributed by atoms with Crippen molar-refractivity contribution in [1.29, 1.82) is 0 Å². The van der Waals surface area contributed by atoms with Gasteiger partial charge in [0.15, 0.2) is 0 Å². The SMILES string of the molecule is CC1(C)c2ccccc2-c2c(N(c3ccc4c(c3)Sc3ccccc3C43c4ccccc4-c4cccc5cccc3c45)c3ccc4c(c3)c3ccccc3n4-c3ccccc3)cccc21. The number of rotatable bonds is 4. The largest absolute Gasteiger partial charge is 0.310 e. The summed E-state index contributed by atoms with van der Waals surface area (Å²) in [6.45, 7) is 4.76. The standard InChI is InChI=1S/C62H42N2S/c1-61(2)48-25-9-7-23-46(48)60-52(61)28-16-31-56(60)63(41-34-36-55-47(37-41)44-22-8-12-30-54(44)64(55)40-19-4-3-5-20-40)42-33-35-51-58(38-42)65-57-32-13-11-27-50(57)62(51)49-26-10-6-21-43(49)45-24-14-17-39-18-15-29-53(62)59(39)45/h3-38H,1-2H3. The number of hydrogen-bond donors (Lipinski definition) is 0. The molecule has 0 amide bonds. The number of fused-ring (bicyclic) bond motifs is 14. The molecule has 0 N–H and O–H groups in total. The third-order valence-electron chi connectivity index (χ3n) is 14.8. The molecule has 3 heteroatoms. The molecule has 3 aliphatic rings. The van der Waals surface area contributed by atoms with Crippen LogP contribution in [0.15, 0.2) is 228 Å². The van der Waals surface area contributed by atoms with Gasteiger partial charge in [0.05, 0.1) is 22.1 Å². The van der Waals surface area contributed by atoms with E-state index >= 15 is 0 Å². The minimum absolute atomic E-state index is 0.145. The molecule has 0 saturated carbocycles. The van der Waals surface area contributed by atoms with Crippen molar-refractivity contribution in [2.75, 3.05) is 4.90 Å². The minimum Gasteiger partial charge on any atom is -0.310 e. The molecule has 1 aromatic heterocycles. The summed E-state index contributed by atoms with van der Waals surface area (Å²) in [7, 11) is 0. The Kier molecular flexibility index (Phi) is 7.63. The second-order valence-electron chi connectivity index (χ2n) is 18.4. The monoisotopic (exact) mass is 846 g/mol. The molecule has 2 nitrogen and oxygen atoms in total. The maximum atomic E-state index is 2.55. The van der Waals surface area contributed by atoms with Crippen LogP contribution >= 0.6 is 11.8 Å². The summed E-state index contributed by atoms with van der Waals surface area (Å²) in [5, 5.41) is 5.09. The Bertz CT molecular complexity index is 3800. The van der Waals surface area contributed by atoms with Gasteiger partial charge >= 0.3 is 0 Å². The molecule has 65 heavy (non-hydrogen) atoms. The first kappa shape index (κ1) is 36.8. The average Bonchev–Trinajstić information content (AvgIpc) is 3.81. The smallest absolute Gasteiger partial charge is 0.0735 e. The third-order valence-corrected chi connectivity index (χ3v) is 16.0. The summed E-state index contributed by atoms with van der Waals surface area (Å²) in [4.78, 5) is 5.11. The van der Waals surface area contributed by atoms with Crippen LogP contribution in [0.3, 0.4) is 0 Å². The molecule has 0 saturated heterocycles. The fourth-order valence-corrected chi connectivity index (χ4v) is 13.4. The second kappa shape index (κ2) is 13.5. The Morgan fingerprint density at radius 3 is 1.91 bits per heavy atom. The lowest BCUT2D eigenvalue weighted by Crippen LogP contribution is -2.36. The van der Waals surface area contributed by atoms with E-state index in [0.717, 1.165) is 17.1 Å². The summed E-state index contributed by atoms with van der Waals surface area (Å²) in [6.07, 6.45) is 0. The summed E-state index contributed by atoms with van der Waals surface area (Å²) < 4.78 is 2.41. The van der Waals surface area contributed by atoms with Crippen LogP contribution in [0.1, 0.15) is 47.2 Å². The number of benzene rings is 10. The van der Waals surface area contributed by atoms with Crippen molar-refractivity contribution >= 4 is 61.4 Å². The van der Waals surface area contributed by atoms with Gasteiger partial charge in [0.2, 0.25) is 0 Å². The Morgan fingerprint density at radius 2 is 1.03 bits per heavy atom. The number of anilines is 3. The second-order valence-corrected chi connectivity index (χ2v) is 19.5. The molecule has 10 aromatic carbocycles. The van der Waals surface area contributed by atoms with Crippen LogP contribution in [0.5, 0.6) is 0 Å². The molecule has 11 aromatic rings. The zero-order valence-corrected chi connectivity index (χ0v) is 36.9. The summed E-state index contributed by atoms with van der Waals surface area (Å²) in [6, 6.07) is 82.1. The van der Waals surface area contributed by atoms with Gasteiger partial charge in [0.1, 0.15) is 0 Å². The van der Waals surface area contributed by atoms with Gasteiger partial charge in [-0.1, -0.05) is 183 Å². The van der Waals surface area contributed by atoms with Gasteiger partial charge < -0.3 is 9.47 Å². The minimum atomic E-state index is -0.514. The van der Waals surface area contributed by atoms with Crippen molar-refractivity contribution in [3.8, 4) is 27.9 Å². The first-order chi connectivity index (χ1) is 32.0. The molecule has 1 unspecified atom stereocenters. The lowest BCUT2D eigenvalue weighted by atomic mass is 9.59. The van der Waals surface area contributed by atoms with Gasteiger partial charge in [-0.25, -0.2) is 0 Å². The maximum absolute atomic E-state index is 2.55. The Labute approximate surface area is 383 Å². The Hall–Kier alpha value is -7.59. The van der Waals surface area contributed by atoms with Crippen molar-refractivity contribution in [3.05, 3.63) is 252 Å². The zero-order chi connectivity index (χ0) is 43.0. The number of para-hydroxylation sites is 2. The van der Waals surface area contributed by atoms with Crippen molar-refractivity contribution in [3.63, 3.8) is 0 Å². The van der Waals surface area contributed by atoms with E-state index in [2.05, 4.69) is 242 Å². The van der Waals surface area contributed by atoms with Crippen molar-refractivity contribution in [2.45, 2.75) is 34.5 Å². The van der Waals surface area contributed by atoms with E-state index in [4.69, 9.17) is 0 Å². The van der Waals surface area contributed by atoms with Crippen LogP contribution in [0.2, 0.25) is 0 Å². The van der Waals surface area contributed by atoms with Gasteiger partial charge in [-0.05, 0) is 122 Å². The van der Waals surface area contributed by atoms with E-state index in [1.54, 1.807) is 0 Å². The molecular formula is C62H42N2S. The molecule has 2 heterocycles. The number of hydrogen-bond acceptors (Lipinski definition) is 2. The molecule has 306 valence electrons. The molecule has 14 rings (SSSR count). The summed E-state index contributed by atoms with van der Waals surface area (Å²) >= 11 is 1.91. The quantitative estimate of drug-likeness (QED) is 0.174. The van der Waals surface area contributed by atoms with E-state index in [0.29, 0.717) is 0 Å². The van der Waals surface area contributed by atoms with Crippen LogP contribution in [0.4, 0.5) is 17.1 Å². The fourth-order valence-electron chi connectivity index (χ4n) is 12.1. The molecule has 0 fully saturated rings. The molecule has 1 atom stereocenters. The zero-order valence-electron chi connectivity index (χ0n) is 36.1. The van der Waals surface area contributed by atoms with Crippen LogP contribution in [-0.2, 0) is 10.8 Å². The van der Waals surface area contributed by atoms with Gasteiger partial charge in [-0.15, -0.1) is 0 Å². The van der Waals surface area contributed by atoms with E-state index in [9.17, 15) is 0 Å². The van der Waals surface area contributed by atoms with E-state index < -0.39 is 5.41 Å². The highest BCUT2D eigenvalue weighted by molar-refractivity contribution is 7.99. The predicted molar refractivity (Wildman–Crippen MR) is 272 cm³/mol. The normalized spacial score (nSPS) is 16.0. The van der Waals surface area contributed by atoms with E-state index in [-0.39, 0.29) is 5.41 Å². The average molecular weight is 847 g/mol. The first-order valence-corrected chi connectivity index (χ1v) is 23.5. The van der Waals surface area contributed by atoms with Gasteiger partial charge in [-0.2, -0.15) is 0 Å². The van der Waals surface area contributed by atoms with Crippen LogP contribution in [0.25, 0.3) is 60.5 Å². The van der Waals surface area contributed by atoms with Crippen LogP contribution in [0, 0.1) is 0 Å². The number of aromatic nitrogens is 1. The van der Waals surface area contributed by atoms with E-state index in [1.807, 2.05) is 11.8 Å². The van der Waals surface area contributed by atoms with Gasteiger partial charge in [0.25, 0.3) is 0 Å².